The summed E-state index contributed by atoms with van der Waals surface area (Å²) < 4.78 is 25.7. The summed E-state index contributed by atoms with van der Waals surface area (Å²) in [7, 11) is 1.42. The van der Waals surface area contributed by atoms with Gasteiger partial charge in [0.15, 0.2) is 0 Å². The number of nitrogens with one attached hydrogen (secondary N) is 3. The molecule has 2 heterocycles. The topological polar surface area (TPSA) is 118 Å². The van der Waals surface area contributed by atoms with Gasteiger partial charge in [-0.1, -0.05) is 11.6 Å². The number of nitrogens with zero attached hydrogens (tertiary/aromatic N) is 2. The second kappa shape index (κ2) is 11.1. The molecule has 2 fully saturated rings. The molecule has 9 nitrogen and oxygen atoms in total. The van der Waals surface area contributed by atoms with Gasteiger partial charge >= 0.3 is 0 Å². The number of alkyl halides is 1. The summed E-state index contributed by atoms with van der Waals surface area (Å²) in [6, 6.07) is 5.08. The third kappa shape index (κ3) is 5.65. The summed E-state index contributed by atoms with van der Waals surface area (Å²) in [6.45, 7) is 4.40. The van der Waals surface area contributed by atoms with E-state index < -0.39 is 12.2 Å². The van der Waals surface area contributed by atoms with Gasteiger partial charge in [-0.3, -0.25) is 9.59 Å². The van der Waals surface area contributed by atoms with Crippen LogP contribution in [0.15, 0.2) is 24.5 Å². The normalized spacial score (nSPS) is 21.3. The Kier molecular flexibility index (Phi) is 7.60. The molecule has 3 atom stereocenters. The SMILES string of the molecule is COCC(=O)NC1CCC(NC(=O)c2c(C)[nH]c3c(-c4cc(C)ccc4OCC4CC4)ncnc23)CC1F. The molecule has 202 valence electrons. The van der Waals surface area contributed by atoms with Gasteiger partial charge in [-0.05, 0) is 57.6 Å². The standard InChI is InChI=1S/C28H34FN5O4/c1-15-4-9-22(38-12-17-5-6-17)19(10-15)25-27-26(31-14-30-25)24(16(2)32-27)28(36)33-18-7-8-21(20(29)11-18)34-23(35)13-37-3/h4,9-10,14,17-18,20-21,32H,5-8,11-13H2,1-3H3,(H,33,36)(H,34,35). The molecule has 3 unspecified atom stereocenters. The number of carbonyl (C=O) groups excluding carboxylic acids is 2. The zero-order chi connectivity index (χ0) is 26.8. The number of amides is 2. The Bertz CT molecular complexity index is 1340. The minimum Gasteiger partial charge on any atom is -0.493 e. The average Bonchev–Trinajstić information content (AvgIpc) is 3.64. The minimum absolute atomic E-state index is 0.107. The minimum atomic E-state index is -1.26. The second-order valence-electron chi connectivity index (χ2n) is 10.4. The first-order chi connectivity index (χ1) is 18.3. The Labute approximate surface area is 220 Å². The molecule has 0 spiro atoms. The number of methoxy groups -OCH3 is 1. The average molecular weight is 524 g/mol. The maximum Gasteiger partial charge on any atom is 0.255 e. The van der Waals surface area contributed by atoms with Crippen molar-refractivity contribution in [3.8, 4) is 17.0 Å². The number of hydrogen-bond donors (Lipinski definition) is 3. The van der Waals surface area contributed by atoms with Crippen molar-refractivity contribution >= 4 is 22.8 Å². The largest absolute Gasteiger partial charge is 0.493 e. The Morgan fingerprint density at radius 3 is 2.68 bits per heavy atom. The highest BCUT2D eigenvalue weighted by molar-refractivity contribution is 6.09. The number of fused-ring (bicyclic) bond motifs is 1. The highest BCUT2D eigenvalue weighted by Gasteiger charge is 2.33. The third-order valence-electron chi connectivity index (χ3n) is 7.29. The van der Waals surface area contributed by atoms with Gasteiger partial charge in [0.05, 0.1) is 23.7 Å². The number of aromatic nitrogens is 3. The summed E-state index contributed by atoms with van der Waals surface area (Å²) in [5.74, 6) is 0.705. The molecule has 10 heteroatoms. The van der Waals surface area contributed by atoms with Crippen LogP contribution in [-0.4, -0.2) is 65.3 Å². The fourth-order valence-corrected chi connectivity index (χ4v) is 5.10. The van der Waals surface area contributed by atoms with Gasteiger partial charge in [0.1, 0.15) is 36.1 Å². The molecule has 0 aliphatic heterocycles. The van der Waals surface area contributed by atoms with E-state index in [-0.39, 0.29) is 30.9 Å². The number of H-pyrrole nitrogens is 1. The van der Waals surface area contributed by atoms with Gasteiger partial charge in [0.25, 0.3) is 5.91 Å². The van der Waals surface area contributed by atoms with Crippen molar-refractivity contribution in [3.05, 3.63) is 41.3 Å². The van der Waals surface area contributed by atoms with Gasteiger partial charge in [-0.2, -0.15) is 0 Å². The van der Waals surface area contributed by atoms with Crippen molar-refractivity contribution in [1.82, 2.24) is 25.6 Å². The lowest BCUT2D eigenvalue weighted by molar-refractivity contribution is -0.126. The van der Waals surface area contributed by atoms with Crippen LogP contribution in [0, 0.1) is 19.8 Å². The van der Waals surface area contributed by atoms with E-state index in [2.05, 4.69) is 25.6 Å². The summed E-state index contributed by atoms with van der Waals surface area (Å²) in [4.78, 5) is 37.5. The molecule has 1 aromatic carbocycles. The number of halogens is 1. The number of carbonyl (C=O) groups is 2. The van der Waals surface area contributed by atoms with Crippen LogP contribution < -0.4 is 15.4 Å². The van der Waals surface area contributed by atoms with E-state index >= 15 is 0 Å². The second-order valence-corrected chi connectivity index (χ2v) is 10.4. The van der Waals surface area contributed by atoms with E-state index in [1.165, 1.54) is 26.3 Å². The summed E-state index contributed by atoms with van der Waals surface area (Å²) in [5, 5.41) is 5.65. The van der Waals surface area contributed by atoms with Crippen LogP contribution in [0.2, 0.25) is 0 Å². The lowest BCUT2D eigenvalue weighted by Gasteiger charge is -2.32. The molecule has 5 rings (SSSR count). The van der Waals surface area contributed by atoms with E-state index in [1.54, 1.807) is 0 Å². The summed E-state index contributed by atoms with van der Waals surface area (Å²) >= 11 is 0. The molecular weight excluding hydrogens is 489 g/mol. The monoisotopic (exact) mass is 523 g/mol. The third-order valence-corrected chi connectivity index (χ3v) is 7.29. The van der Waals surface area contributed by atoms with Gasteiger partial charge in [0, 0.05) is 30.8 Å². The summed E-state index contributed by atoms with van der Waals surface area (Å²) in [5.41, 5.74) is 4.83. The molecular formula is C28H34FN5O4. The Morgan fingerprint density at radius 2 is 1.95 bits per heavy atom. The maximum absolute atomic E-state index is 14.8. The van der Waals surface area contributed by atoms with Crippen molar-refractivity contribution in [3.63, 3.8) is 0 Å². The smallest absolute Gasteiger partial charge is 0.255 e. The fraction of sp³-hybridized carbons (Fsp3) is 0.500. The number of aryl methyl sites for hydroxylation is 2. The van der Waals surface area contributed by atoms with Gasteiger partial charge < -0.3 is 25.1 Å². The highest BCUT2D eigenvalue weighted by atomic mass is 19.1. The molecule has 0 bridgehead atoms. The van der Waals surface area contributed by atoms with Gasteiger partial charge in [0.2, 0.25) is 5.91 Å². The van der Waals surface area contributed by atoms with Crippen LogP contribution in [0.25, 0.3) is 22.3 Å². The molecule has 2 saturated carbocycles. The molecule has 0 radical (unpaired) electrons. The Balaban J connectivity index is 1.35. The molecule has 3 N–H and O–H groups in total. The lowest BCUT2D eigenvalue weighted by Crippen LogP contribution is -2.50. The molecule has 2 aliphatic carbocycles. The Hall–Kier alpha value is -3.53. The van der Waals surface area contributed by atoms with Crippen molar-refractivity contribution < 1.29 is 23.5 Å². The highest BCUT2D eigenvalue weighted by Crippen LogP contribution is 2.37. The first-order valence-corrected chi connectivity index (χ1v) is 13.1. The number of aromatic amines is 1. The van der Waals surface area contributed by atoms with Crippen molar-refractivity contribution in [2.45, 2.75) is 64.2 Å². The first kappa shape index (κ1) is 26.1. The van der Waals surface area contributed by atoms with Crippen LogP contribution in [0.4, 0.5) is 4.39 Å². The fourth-order valence-electron chi connectivity index (χ4n) is 5.10. The zero-order valence-corrected chi connectivity index (χ0v) is 22.0. The van der Waals surface area contributed by atoms with Crippen molar-refractivity contribution in [2.24, 2.45) is 5.92 Å². The van der Waals surface area contributed by atoms with E-state index in [0.717, 1.165) is 16.9 Å². The number of hydrogen-bond acceptors (Lipinski definition) is 6. The van der Waals surface area contributed by atoms with E-state index in [4.69, 9.17) is 9.47 Å². The van der Waals surface area contributed by atoms with Crippen molar-refractivity contribution in [2.75, 3.05) is 20.3 Å². The van der Waals surface area contributed by atoms with Gasteiger partial charge in [-0.25, -0.2) is 14.4 Å². The molecule has 2 aliphatic rings. The number of rotatable bonds is 9. The molecule has 3 aromatic rings. The van der Waals surface area contributed by atoms with Crippen LogP contribution in [-0.2, 0) is 9.53 Å². The molecule has 38 heavy (non-hydrogen) atoms. The summed E-state index contributed by atoms with van der Waals surface area (Å²) in [6.07, 6.45) is 3.69. The number of ether oxygens (including phenoxy) is 2. The zero-order valence-electron chi connectivity index (χ0n) is 22.0. The number of benzene rings is 1. The molecule has 2 amide bonds. The molecule has 2 aromatic heterocycles. The Morgan fingerprint density at radius 1 is 1.13 bits per heavy atom. The lowest BCUT2D eigenvalue weighted by atomic mass is 9.89. The predicted octanol–water partition coefficient (Wildman–Crippen LogP) is 3.78. The van der Waals surface area contributed by atoms with Gasteiger partial charge in [-0.15, -0.1) is 0 Å². The first-order valence-electron chi connectivity index (χ1n) is 13.1. The van der Waals surface area contributed by atoms with Crippen LogP contribution in [0.1, 0.15) is 53.7 Å². The van der Waals surface area contributed by atoms with Crippen LogP contribution in [0.5, 0.6) is 5.75 Å². The quantitative estimate of drug-likeness (QED) is 0.393. The van der Waals surface area contributed by atoms with Crippen LogP contribution in [0.3, 0.4) is 0 Å². The maximum atomic E-state index is 14.8. The van der Waals surface area contributed by atoms with Crippen molar-refractivity contribution in [1.29, 1.82) is 0 Å². The molecule has 0 saturated heterocycles. The van der Waals surface area contributed by atoms with E-state index in [0.29, 0.717) is 53.4 Å². The predicted molar refractivity (Wildman–Crippen MR) is 141 cm³/mol. The van der Waals surface area contributed by atoms with E-state index in [1.807, 2.05) is 32.0 Å². The van der Waals surface area contributed by atoms with Crippen LogP contribution >= 0.6 is 0 Å². The van der Waals surface area contributed by atoms with E-state index in [9.17, 15) is 14.0 Å².